The third kappa shape index (κ3) is 5.82. The maximum absolute atomic E-state index is 11.1. The minimum atomic E-state index is -0.944. The second-order valence-electron chi connectivity index (χ2n) is 3.78. The summed E-state index contributed by atoms with van der Waals surface area (Å²) in [7, 11) is 0. The first-order chi connectivity index (χ1) is 6.87. The molecule has 0 amide bonds. The van der Waals surface area contributed by atoms with Gasteiger partial charge in [-0.25, -0.2) is 9.59 Å². The number of hydrogen-bond donors (Lipinski definition) is 0. The Morgan fingerprint density at radius 2 is 1.67 bits per heavy atom. The van der Waals surface area contributed by atoms with E-state index in [1.165, 1.54) is 0 Å². The van der Waals surface area contributed by atoms with Crippen LogP contribution in [0.25, 0.3) is 0 Å². The van der Waals surface area contributed by atoms with E-state index in [0.29, 0.717) is 0 Å². The molecular weight excluding hydrogens is 204 g/mol. The van der Waals surface area contributed by atoms with Crippen molar-refractivity contribution in [3.8, 4) is 0 Å². The Bertz CT molecular complexity index is 283. The second-order valence-corrected chi connectivity index (χ2v) is 3.78. The molecule has 0 saturated carbocycles. The molecular formula is C9H12O6. The van der Waals surface area contributed by atoms with Crippen molar-refractivity contribution >= 4 is 11.9 Å². The molecule has 0 unspecified atom stereocenters. The van der Waals surface area contributed by atoms with E-state index < -0.39 is 24.0 Å². The summed E-state index contributed by atoms with van der Waals surface area (Å²) >= 11 is 0. The minimum absolute atomic E-state index is 0.589. The van der Waals surface area contributed by atoms with Crippen molar-refractivity contribution < 1.29 is 28.8 Å². The van der Waals surface area contributed by atoms with Gasteiger partial charge in [0.25, 0.3) is 0 Å². The van der Waals surface area contributed by atoms with Gasteiger partial charge in [-0.2, -0.15) is 9.78 Å². The van der Waals surface area contributed by atoms with Gasteiger partial charge in [0.1, 0.15) is 5.60 Å². The van der Waals surface area contributed by atoms with Crippen LogP contribution in [-0.4, -0.2) is 24.0 Å². The number of carbonyl (C=O) groups excluding carboxylic acids is 2. The molecule has 0 spiro atoms. The summed E-state index contributed by atoms with van der Waals surface area (Å²) in [5.74, 6) is -1.35. The molecule has 0 atom stereocenters. The fourth-order valence-electron chi connectivity index (χ4n) is 0.668. The van der Waals surface area contributed by atoms with Gasteiger partial charge in [0.15, 0.2) is 0 Å². The van der Waals surface area contributed by atoms with Crippen LogP contribution in [0.2, 0.25) is 0 Å². The van der Waals surface area contributed by atoms with E-state index in [-0.39, 0.29) is 0 Å². The molecule has 1 aliphatic rings. The average molecular weight is 216 g/mol. The fourth-order valence-corrected chi connectivity index (χ4v) is 0.668. The zero-order valence-electron chi connectivity index (χ0n) is 8.68. The van der Waals surface area contributed by atoms with E-state index in [4.69, 9.17) is 4.74 Å². The Morgan fingerprint density at radius 3 is 2.13 bits per heavy atom. The Labute approximate surface area is 86.7 Å². The number of rotatable bonds is 3. The summed E-state index contributed by atoms with van der Waals surface area (Å²) in [6.07, 6.45) is 1.93. The molecule has 1 fully saturated rings. The van der Waals surface area contributed by atoms with Gasteiger partial charge in [-0.15, -0.1) is 0 Å². The summed E-state index contributed by atoms with van der Waals surface area (Å²) in [4.78, 5) is 30.3. The fraction of sp³-hybridized carbons (Fsp3) is 0.556. The molecule has 84 valence electrons. The van der Waals surface area contributed by atoms with Crippen molar-refractivity contribution in [1.82, 2.24) is 0 Å². The SMILES string of the molecule is CC(C)(C)OC(=O)C=CC(=O)OC1OO1. The lowest BCUT2D eigenvalue weighted by molar-refractivity contribution is -0.149. The highest BCUT2D eigenvalue weighted by molar-refractivity contribution is 5.91. The highest BCUT2D eigenvalue weighted by Gasteiger charge is 2.29. The van der Waals surface area contributed by atoms with E-state index in [1.54, 1.807) is 20.8 Å². The number of esters is 2. The molecule has 1 aliphatic heterocycles. The molecule has 1 saturated heterocycles. The van der Waals surface area contributed by atoms with Crippen LogP contribution in [0, 0.1) is 0 Å². The largest absolute Gasteiger partial charge is 0.457 e. The van der Waals surface area contributed by atoms with Crippen molar-refractivity contribution in [1.29, 1.82) is 0 Å². The van der Waals surface area contributed by atoms with Gasteiger partial charge in [0, 0.05) is 12.2 Å². The summed E-state index contributed by atoms with van der Waals surface area (Å²) in [5, 5.41) is 0. The normalized spacial score (nSPS) is 16.5. The van der Waals surface area contributed by atoms with E-state index in [2.05, 4.69) is 14.5 Å². The monoisotopic (exact) mass is 216 g/mol. The van der Waals surface area contributed by atoms with Crippen LogP contribution in [-0.2, 0) is 28.8 Å². The Balaban J connectivity index is 2.29. The van der Waals surface area contributed by atoms with Crippen LogP contribution in [0.15, 0.2) is 12.2 Å². The smallest absolute Gasteiger partial charge is 0.373 e. The number of hydrogen-bond acceptors (Lipinski definition) is 6. The summed E-state index contributed by atoms with van der Waals surface area (Å²) < 4.78 is 9.38. The average Bonchev–Trinajstić information content (AvgIpc) is 2.81. The first-order valence-electron chi connectivity index (χ1n) is 4.31. The van der Waals surface area contributed by atoms with E-state index >= 15 is 0 Å². The van der Waals surface area contributed by atoms with Crippen molar-refractivity contribution in [3.05, 3.63) is 12.2 Å². The van der Waals surface area contributed by atoms with E-state index in [1.807, 2.05) is 0 Å². The second kappa shape index (κ2) is 4.41. The molecule has 0 bridgehead atoms. The van der Waals surface area contributed by atoms with Gasteiger partial charge < -0.3 is 9.47 Å². The molecule has 1 heterocycles. The lowest BCUT2D eigenvalue weighted by atomic mass is 10.2. The number of carbonyl (C=O) groups is 2. The molecule has 0 aromatic rings. The molecule has 1 rings (SSSR count). The summed E-state index contributed by atoms with van der Waals surface area (Å²) in [6.45, 7) is 4.23. The molecule has 15 heavy (non-hydrogen) atoms. The predicted molar refractivity (Wildman–Crippen MR) is 47.0 cm³/mol. The van der Waals surface area contributed by atoms with Gasteiger partial charge in [-0.05, 0) is 20.8 Å². The van der Waals surface area contributed by atoms with Gasteiger partial charge in [-0.1, -0.05) is 0 Å². The summed E-state index contributed by atoms with van der Waals surface area (Å²) in [6, 6.07) is 0. The first-order valence-corrected chi connectivity index (χ1v) is 4.31. The molecule has 6 heteroatoms. The third-order valence-corrected chi connectivity index (χ3v) is 1.15. The standard InChI is InChI=1S/C9H12O6/c1-9(2,3)13-7(11)5-4-6(10)12-8-14-15-8/h4-5,8H,1-3H3. The van der Waals surface area contributed by atoms with Crippen molar-refractivity contribution in [2.24, 2.45) is 0 Å². The van der Waals surface area contributed by atoms with Crippen molar-refractivity contribution in [2.45, 2.75) is 32.8 Å². The highest BCUT2D eigenvalue weighted by Crippen LogP contribution is 2.13. The lowest BCUT2D eigenvalue weighted by Gasteiger charge is -2.17. The van der Waals surface area contributed by atoms with Crippen molar-refractivity contribution in [3.63, 3.8) is 0 Å². The van der Waals surface area contributed by atoms with Gasteiger partial charge in [-0.3, -0.25) is 0 Å². The maximum atomic E-state index is 11.1. The van der Waals surface area contributed by atoms with Crippen LogP contribution >= 0.6 is 0 Å². The first kappa shape index (κ1) is 11.7. The van der Waals surface area contributed by atoms with Crippen LogP contribution in [0.5, 0.6) is 0 Å². The third-order valence-electron chi connectivity index (χ3n) is 1.15. The minimum Gasteiger partial charge on any atom is -0.457 e. The molecule has 0 aromatic heterocycles. The predicted octanol–water partition coefficient (Wildman–Crippen LogP) is 0.673. The van der Waals surface area contributed by atoms with Gasteiger partial charge in [0.05, 0.1) is 0 Å². The molecule has 0 aromatic carbocycles. The Kier molecular flexibility index (Phi) is 3.43. The topological polar surface area (TPSA) is 77.7 Å². The van der Waals surface area contributed by atoms with Crippen LogP contribution in [0.4, 0.5) is 0 Å². The van der Waals surface area contributed by atoms with Crippen LogP contribution < -0.4 is 0 Å². The van der Waals surface area contributed by atoms with Crippen molar-refractivity contribution in [2.75, 3.05) is 0 Å². The Morgan fingerprint density at radius 1 is 1.13 bits per heavy atom. The van der Waals surface area contributed by atoms with E-state index in [0.717, 1.165) is 12.2 Å². The lowest BCUT2D eigenvalue weighted by Crippen LogP contribution is -2.22. The highest BCUT2D eigenvalue weighted by atomic mass is 17.4. The molecule has 0 aliphatic carbocycles. The molecule has 0 N–H and O–H groups in total. The van der Waals surface area contributed by atoms with Crippen LogP contribution in [0.3, 0.4) is 0 Å². The summed E-state index contributed by atoms with van der Waals surface area (Å²) in [5.41, 5.74) is -0.589. The van der Waals surface area contributed by atoms with E-state index in [9.17, 15) is 9.59 Å². The zero-order chi connectivity index (χ0) is 11.5. The van der Waals surface area contributed by atoms with Gasteiger partial charge >= 0.3 is 18.4 Å². The number of ether oxygens (including phenoxy) is 2. The molecule has 0 radical (unpaired) electrons. The van der Waals surface area contributed by atoms with Crippen LogP contribution in [0.1, 0.15) is 20.8 Å². The van der Waals surface area contributed by atoms with Gasteiger partial charge in [0.2, 0.25) is 0 Å². The molecule has 6 nitrogen and oxygen atoms in total. The quantitative estimate of drug-likeness (QED) is 0.298. The zero-order valence-corrected chi connectivity index (χ0v) is 8.68. The Hall–Kier alpha value is -1.40. The maximum Gasteiger partial charge on any atom is 0.373 e.